The van der Waals surface area contributed by atoms with E-state index >= 15 is 0 Å². The molecule has 0 saturated heterocycles. The summed E-state index contributed by atoms with van der Waals surface area (Å²) in [6.45, 7) is 11.4. The second-order valence-electron chi connectivity index (χ2n) is 36.2. The number of hydroxylamine groups is 3. The molecule has 12 aliphatic heterocycles. The summed E-state index contributed by atoms with van der Waals surface area (Å²) in [6.07, 6.45) is 12.5. The second-order valence-corrected chi connectivity index (χ2v) is 37.3. The molecule has 0 bridgehead atoms. The third kappa shape index (κ3) is 15.0. The van der Waals surface area contributed by atoms with E-state index in [4.69, 9.17) is 47.2 Å². The van der Waals surface area contributed by atoms with Crippen LogP contribution in [0.15, 0.2) is 143 Å². The highest BCUT2D eigenvalue weighted by molar-refractivity contribution is 7.81. The van der Waals surface area contributed by atoms with Crippen LogP contribution in [-0.2, 0) is 49.7 Å². The lowest BCUT2D eigenvalue weighted by Crippen LogP contribution is -2.40. The second kappa shape index (κ2) is 31.6. The molecule has 642 valence electrons. The first-order chi connectivity index (χ1) is 58.0. The van der Waals surface area contributed by atoms with Crippen LogP contribution < -0.4 is 52.1 Å². The Balaban J connectivity index is 0.0000000959. The predicted molar refractivity (Wildman–Crippen MR) is 447 cm³/mol. The third-order valence-corrected chi connectivity index (χ3v) is 27.6. The minimum absolute atomic E-state index is 0.0148. The molecule has 0 spiro atoms. The molecule has 12 heterocycles. The number of rotatable bonds is 5. The van der Waals surface area contributed by atoms with Crippen molar-refractivity contribution in [2.45, 2.75) is 193 Å². The van der Waals surface area contributed by atoms with Crippen LogP contribution in [0.4, 0.5) is 0 Å². The first kappa shape index (κ1) is 81.6. The van der Waals surface area contributed by atoms with Crippen molar-refractivity contribution in [3.05, 3.63) is 220 Å². The molecular weight excluding hydrogens is 1570 g/mol. The zero-order valence-electron chi connectivity index (χ0n) is 69.5. The predicted octanol–water partition coefficient (Wildman–Crippen LogP) is 8.90. The number of phenolic OH excluding ortho intramolecular Hbond substituents is 1. The SMILES string of the molecule is CN1CC2=CC(O)CC3Oc4c(O)ccc(c4C23)C1.CN1CC2=CC(O)CC3Oc4c(OS(=O)(=O)O)ccc(c4C23)C1.COc1ccc2c3c1OC1CC(O)C=C(CN(C)C2)C31.COc1ccc2c3c1OC1CC(O)C=C(CNC2)C31.COc1ccc2c3c1OC1CC(O)C=C(C[N+](C)([O-])C2)C31.Cc1ccc2c3c1OC1CC(O)C=C(CN(C)C2)C31. The molecule has 24 rings (SSSR count). The average molecular weight is 1680 g/mol. The number of phenols is 1. The number of benzene rings is 6. The number of nitrogens with one attached hydrogen (secondary N) is 1. The standard InChI is InChI=1S/C16H19NO4.C16H19NO3.C16H19NO2.C15H17NO6S.2C15H17NO3/c1-17(19)7-9-3-4-12(20-2)16-15(9)14-10(8-17)5-11(18)6-13(14)21-16;1-17-7-9-3-4-12(19-2)16-15(9)14-10(8-17)5-11(18)6-13(14)20-16;1-9-3-4-10-7-17(2)8-11-5-12(18)6-13-14(11)15(10)16(9)19-13;1-16-6-8-2-3-11(22-23(18,19)20)15-14(8)13-9(7-16)4-10(17)5-12(13)21-15;1-18-11-3-2-8-6-16-7-9-4-10(17)5-12-13(9)14(8)15(11)19-12;1-16-6-8-2-3-11(18)15-14(8)13-9(7-16)4-10(17)5-12(13)19-15/h3-5,11,13-14,18H,6-8H2,1-2H3;3-5,11,13-14,18H,6-8H2,1-2H3;3-5,12-14,18H,6-8H2,1-2H3;2-4,10,12-13,17H,5-7H2,1H3,(H,18,19,20);2-4,10,12-13,16-17H,5-7H2,1H3;2-4,10,12-13,17-18H,5-7H2,1H3. The molecule has 19 unspecified atom stereocenters. The molecule has 18 aliphatic rings. The molecule has 121 heavy (non-hydrogen) atoms. The van der Waals surface area contributed by atoms with Gasteiger partial charge in [-0.25, -0.2) is 0 Å². The van der Waals surface area contributed by atoms with Gasteiger partial charge in [0.05, 0.1) is 70.9 Å². The van der Waals surface area contributed by atoms with Crippen molar-refractivity contribution in [2.75, 3.05) is 95.8 Å². The molecule has 19 atom stereocenters. The lowest BCUT2D eigenvalue weighted by molar-refractivity contribution is -0.869. The number of likely N-dealkylation sites (N-methyl/N-ethyl adjacent to an activating group) is 5. The zero-order valence-corrected chi connectivity index (χ0v) is 70.4. The summed E-state index contributed by atoms with van der Waals surface area (Å²) in [6, 6.07) is 23.5. The topological polar surface area (TPSA) is 336 Å². The van der Waals surface area contributed by atoms with E-state index in [1.807, 2.05) is 73.8 Å². The van der Waals surface area contributed by atoms with Crippen LogP contribution in [0.5, 0.6) is 63.2 Å². The Morgan fingerprint density at radius 3 is 1.09 bits per heavy atom. The molecule has 9 N–H and O–H groups in total. The van der Waals surface area contributed by atoms with Crippen LogP contribution in [0.3, 0.4) is 0 Å². The van der Waals surface area contributed by atoms with Gasteiger partial charge in [-0.3, -0.25) is 24.2 Å². The van der Waals surface area contributed by atoms with Crippen LogP contribution in [0.2, 0.25) is 0 Å². The zero-order chi connectivity index (χ0) is 84.3. The van der Waals surface area contributed by atoms with Crippen molar-refractivity contribution in [3.8, 4) is 63.2 Å². The molecule has 0 radical (unpaired) electrons. The van der Waals surface area contributed by atoms with Crippen molar-refractivity contribution in [3.63, 3.8) is 0 Å². The summed E-state index contributed by atoms with van der Waals surface area (Å²) in [7, 11) is 10.4. The van der Waals surface area contributed by atoms with Crippen molar-refractivity contribution in [2.24, 2.45) is 0 Å². The number of hydrogen-bond acceptors (Lipinski definition) is 25. The number of aryl methyl sites for hydroxylation is 1. The molecule has 0 aromatic heterocycles. The van der Waals surface area contributed by atoms with Gasteiger partial charge in [-0.15, -0.1) is 0 Å². The summed E-state index contributed by atoms with van der Waals surface area (Å²) >= 11 is 0. The van der Waals surface area contributed by atoms with Gasteiger partial charge in [0.2, 0.25) is 0 Å². The van der Waals surface area contributed by atoms with Crippen molar-refractivity contribution < 1.29 is 100 Å². The van der Waals surface area contributed by atoms with Crippen molar-refractivity contribution in [1.29, 1.82) is 0 Å². The largest absolute Gasteiger partial charge is 0.633 e. The summed E-state index contributed by atoms with van der Waals surface area (Å²) in [5, 5.41) is 86.3. The number of aliphatic hydroxyl groups excluding tert-OH is 6. The Kier molecular flexibility index (Phi) is 21.3. The molecule has 6 aromatic rings. The Labute approximate surface area is 704 Å². The minimum Gasteiger partial charge on any atom is -0.633 e. The van der Waals surface area contributed by atoms with Crippen LogP contribution in [0.1, 0.15) is 146 Å². The van der Waals surface area contributed by atoms with E-state index in [0.29, 0.717) is 87.9 Å². The quantitative estimate of drug-likeness (QED) is 0.0336. The normalized spacial score (nSPS) is 32.1. The van der Waals surface area contributed by atoms with Gasteiger partial charge in [0.15, 0.2) is 57.5 Å². The van der Waals surface area contributed by atoms with Gasteiger partial charge < -0.3 is 97.7 Å². The Bertz CT molecular complexity index is 5370. The molecule has 28 heteroatoms. The number of nitrogens with zero attached hydrogens (tertiary/aromatic N) is 5. The maximum absolute atomic E-state index is 12.7. The van der Waals surface area contributed by atoms with Gasteiger partial charge in [-0.1, -0.05) is 72.9 Å². The van der Waals surface area contributed by atoms with Crippen LogP contribution in [0, 0.1) is 12.1 Å². The maximum atomic E-state index is 12.7. The average Bonchev–Trinajstić information content (AvgIpc) is 1.24. The summed E-state index contributed by atoms with van der Waals surface area (Å²) in [5.74, 6) is 8.26. The van der Waals surface area contributed by atoms with E-state index in [9.17, 15) is 49.4 Å². The highest BCUT2D eigenvalue weighted by Gasteiger charge is 2.52. The summed E-state index contributed by atoms with van der Waals surface area (Å²) in [5.41, 5.74) is 22.7. The lowest BCUT2D eigenvalue weighted by atomic mass is 9.79. The van der Waals surface area contributed by atoms with E-state index < -0.39 is 40.9 Å². The van der Waals surface area contributed by atoms with Gasteiger partial charge >= 0.3 is 10.4 Å². The number of aliphatic hydroxyl groups is 6. The summed E-state index contributed by atoms with van der Waals surface area (Å²) < 4.78 is 88.0. The molecule has 0 fully saturated rings. The van der Waals surface area contributed by atoms with Crippen molar-refractivity contribution in [1.82, 2.24) is 24.9 Å². The van der Waals surface area contributed by atoms with E-state index in [1.165, 1.54) is 72.9 Å². The van der Waals surface area contributed by atoms with E-state index in [1.54, 1.807) is 40.5 Å². The fourth-order valence-corrected chi connectivity index (χ4v) is 23.3. The Morgan fingerprint density at radius 1 is 0.380 bits per heavy atom. The number of methoxy groups -OCH3 is 3. The van der Waals surface area contributed by atoms with Gasteiger partial charge in [0.1, 0.15) is 55.5 Å². The smallest absolute Gasteiger partial charge is 0.446 e. The van der Waals surface area contributed by atoms with Gasteiger partial charge in [-0.2, -0.15) is 8.42 Å². The molecule has 0 saturated carbocycles. The van der Waals surface area contributed by atoms with E-state index in [-0.39, 0.29) is 88.5 Å². The fraction of sp³-hybridized carbons (Fsp3) is 0.484. The lowest BCUT2D eigenvalue weighted by Gasteiger charge is -2.39. The molecule has 0 amide bonds. The monoisotopic (exact) mass is 1680 g/mol. The molecule has 6 aromatic carbocycles. The van der Waals surface area contributed by atoms with Gasteiger partial charge in [0.25, 0.3) is 0 Å². The Morgan fingerprint density at radius 2 is 0.678 bits per heavy atom. The Hall–Kier alpha value is -9.05. The molecule has 27 nitrogen and oxygen atoms in total. The van der Waals surface area contributed by atoms with Crippen LogP contribution in [0.25, 0.3) is 0 Å². The first-order valence-corrected chi connectivity index (χ1v) is 43.6. The van der Waals surface area contributed by atoms with Gasteiger partial charge in [-0.05, 0) is 138 Å². The molecular formula is C93H108N6O21S. The summed E-state index contributed by atoms with van der Waals surface area (Å²) in [4.78, 5) is 9.00. The number of ether oxygens (including phenoxy) is 9. The van der Waals surface area contributed by atoms with E-state index in [0.717, 1.165) is 126 Å². The van der Waals surface area contributed by atoms with Crippen molar-refractivity contribution >= 4 is 10.4 Å². The number of hydrogen-bond donors (Lipinski definition) is 9. The van der Waals surface area contributed by atoms with Gasteiger partial charge in [0, 0.05) is 173 Å². The number of aromatic hydroxyl groups is 1. The van der Waals surface area contributed by atoms with Crippen LogP contribution >= 0.6 is 0 Å². The highest BCUT2D eigenvalue weighted by Crippen LogP contribution is 2.60. The third-order valence-electron chi connectivity index (χ3n) is 27.2. The maximum Gasteiger partial charge on any atom is 0.446 e. The minimum atomic E-state index is -4.62. The number of quaternary nitrogens is 1. The van der Waals surface area contributed by atoms with Crippen LogP contribution in [-0.4, -0.2) is 242 Å². The first-order valence-electron chi connectivity index (χ1n) is 42.2. The molecule has 6 aliphatic carbocycles. The fourth-order valence-electron chi connectivity index (χ4n) is 22.9. The van der Waals surface area contributed by atoms with E-state index in [2.05, 4.69) is 81.4 Å². The highest BCUT2D eigenvalue weighted by atomic mass is 32.3.